The third-order valence-corrected chi connectivity index (χ3v) is 4.30. The van der Waals surface area contributed by atoms with Crippen LogP contribution in [0.5, 0.6) is 0 Å². The maximum absolute atomic E-state index is 4.57. The highest BCUT2D eigenvalue weighted by Gasteiger charge is 2.21. The van der Waals surface area contributed by atoms with Crippen LogP contribution in [-0.2, 0) is 19.5 Å². The lowest BCUT2D eigenvalue weighted by Crippen LogP contribution is -2.16. The minimum atomic E-state index is 0.745. The van der Waals surface area contributed by atoms with Crippen LogP contribution in [0.4, 0.5) is 0 Å². The molecule has 0 spiro atoms. The smallest absolute Gasteiger partial charge is 0.0662 e. The fourth-order valence-electron chi connectivity index (χ4n) is 2.45. The van der Waals surface area contributed by atoms with E-state index in [0.717, 1.165) is 30.0 Å². The highest BCUT2D eigenvalue weighted by Crippen LogP contribution is 2.20. The van der Waals surface area contributed by atoms with E-state index in [-0.39, 0.29) is 0 Å². The Balaban J connectivity index is 1.73. The first kappa shape index (κ1) is 13.8. The van der Waals surface area contributed by atoms with Gasteiger partial charge in [-0.05, 0) is 37.0 Å². The molecule has 0 amide bonds. The Morgan fingerprint density at radius 2 is 2.05 bits per heavy atom. The van der Waals surface area contributed by atoms with E-state index in [2.05, 4.69) is 62.2 Å². The quantitative estimate of drug-likeness (QED) is 0.876. The van der Waals surface area contributed by atoms with Gasteiger partial charge in [0.1, 0.15) is 0 Å². The van der Waals surface area contributed by atoms with Crippen LogP contribution in [0.3, 0.4) is 0 Å². The van der Waals surface area contributed by atoms with Gasteiger partial charge in [-0.3, -0.25) is 4.68 Å². The Hall–Kier alpha value is -1.13. The Kier molecular flexibility index (Phi) is 4.22. The number of rotatable bonds is 6. The van der Waals surface area contributed by atoms with Crippen LogP contribution >= 0.6 is 15.9 Å². The third-order valence-electron chi connectivity index (χ3n) is 3.77. The summed E-state index contributed by atoms with van der Waals surface area (Å²) < 4.78 is 3.25. The summed E-state index contributed by atoms with van der Waals surface area (Å²) in [6.45, 7) is 4.00. The zero-order valence-electron chi connectivity index (χ0n) is 11.8. The number of benzene rings is 1. The third kappa shape index (κ3) is 3.30. The van der Waals surface area contributed by atoms with E-state index >= 15 is 0 Å². The number of hydrogen-bond acceptors (Lipinski definition) is 2. The van der Waals surface area contributed by atoms with E-state index in [4.69, 9.17) is 0 Å². The summed E-state index contributed by atoms with van der Waals surface area (Å²) in [4.78, 5) is 0. The molecule has 1 fully saturated rings. The number of nitrogens with zero attached hydrogens (tertiary/aromatic N) is 2. The first-order chi connectivity index (χ1) is 9.76. The number of aromatic nitrogens is 2. The topological polar surface area (TPSA) is 29.9 Å². The van der Waals surface area contributed by atoms with Gasteiger partial charge in [0, 0.05) is 28.3 Å². The van der Waals surface area contributed by atoms with Crippen molar-refractivity contribution in [2.75, 3.05) is 0 Å². The van der Waals surface area contributed by atoms with Crippen LogP contribution in [0.2, 0.25) is 0 Å². The van der Waals surface area contributed by atoms with E-state index in [1.165, 1.54) is 29.7 Å². The van der Waals surface area contributed by atoms with E-state index < -0.39 is 0 Å². The van der Waals surface area contributed by atoms with Gasteiger partial charge in [0.15, 0.2) is 0 Å². The Morgan fingerprint density at radius 1 is 1.30 bits per heavy atom. The van der Waals surface area contributed by atoms with Gasteiger partial charge in [-0.2, -0.15) is 5.10 Å². The van der Waals surface area contributed by atoms with Crippen molar-refractivity contribution < 1.29 is 0 Å². The van der Waals surface area contributed by atoms with Crippen LogP contribution < -0.4 is 5.32 Å². The maximum atomic E-state index is 4.57. The van der Waals surface area contributed by atoms with Crippen LogP contribution in [0.15, 0.2) is 34.9 Å². The fraction of sp³-hybridized carbons (Fsp3) is 0.438. The van der Waals surface area contributed by atoms with Crippen LogP contribution in [0.25, 0.3) is 0 Å². The molecule has 1 N–H and O–H groups in total. The average molecular weight is 334 g/mol. The van der Waals surface area contributed by atoms with Gasteiger partial charge >= 0.3 is 0 Å². The summed E-state index contributed by atoms with van der Waals surface area (Å²) in [5, 5.41) is 8.14. The highest BCUT2D eigenvalue weighted by atomic mass is 79.9. The lowest BCUT2D eigenvalue weighted by molar-refractivity contribution is 0.638. The van der Waals surface area contributed by atoms with Gasteiger partial charge in [-0.15, -0.1) is 0 Å². The van der Waals surface area contributed by atoms with Crippen molar-refractivity contribution in [3.8, 4) is 0 Å². The second-order valence-corrected chi connectivity index (χ2v) is 6.33. The second-order valence-electron chi connectivity index (χ2n) is 5.41. The van der Waals surface area contributed by atoms with Crippen molar-refractivity contribution in [2.24, 2.45) is 0 Å². The van der Waals surface area contributed by atoms with Crippen molar-refractivity contribution in [1.82, 2.24) is 15.1 Å². The molecule has 106 valence electrons. The van der Waals surface area contributed by atoms with E-state index in [1.54, 1.807) is 0 Å². The fourth-order valence-corrected chi connectivity index (χ4v) is 2.71. The first-order valence-electron chi connectivity index (χ1n) is 7.27. The van der Waals surface area contributed by atoms with Crippen LogP contribution in [0.1, 0.15) is 36.6 Å². The Labute approximate surface area is 128 Å². The Bertz CT molecular complexity index is 570. The van der Waals surface area contributed by atoms with Crippen molar-refractivity contribution >= 4 is 15.9 Å². The lowest BCUT2D eigenvalue weighted by Gasteiger charge is -2.09. The van der Waals surface area contributed by atoms with Gasteiger partial charge in [0.25, 0.3) is 0 Å². The predicted octanol–water partition coefficient (Wildman–Crippen LogP) is 3.51. The summed E-state index contributed by atoms with van der Waals surface area (Å²) >= 11 is 3.47. The van der Waals surface area contributed by atoms with Gasteiger partial charge < -0.3 is 5.32 Å². The molecule has 20 heavy (non-hydrogen) atoms. The minimum Gasteiger partial charge on any atom is -0.310 e. The molecule has 3 rings (SSSR count). The molecule has 1 heterocycles. The summed E-state index contributed by atoms with van der Waals surface area (Å²) in [5.74, 6) is 0. The minimum absolute atomic E-state index is 0.745. The molecule has 3 nitrogen and oxygen atoms in total. The zero-order valence-corrected chi connectivity index (χ0v) is 13.4. The molecule has 0 radical (unpaired) electrons. The van der Waals surface area contributed by atoms with Crippen molar-refractivity contribution in [3.05, 3.63) is 51.8 Å². The van der Waals surface area contributed by atoms with Crippen LogP contribution in [0, 0.1) is 0 Å². The molecule has 1 aliphatic carbocycles. The molecule has 1 aliphatic rings. The van der Waals surface area contributed by atoms with Crippen molar-refractivity contribution in [3.63, 3.8) is 0 Å². The number of halogens is 1. The van der Waals surface area contributed by atoms with Gasteiger partial charge in [-0.1, -0.05) is 35.0 Å². The molecule has 0 atom stereocenters. The molecule has 0 unspecified atom stereocenters. The highest BCUT2D eigenvalue weighted by molar-refractivity contribution is 9.10. The second kappa shape index (κ2) is 6.10. The molecule has 1 aromatic heterocycles. The molecule has 0 bridgehead atoms. The Morgan fingerprint density at radius 3 is 2.70 bits per heavy atom. The maximum Gasteiger partial charge on any atom is 0.0662 e. The molecule has 2 aromatic rings. The van der Waals surface area contributed by atoms with Crippen molar-refractivity contribution in [2.45, 2.75) is 45.3 Å². The summed E-state index contributed by atoms with van der Waals surface area (Å²) in [7, 11) is 0. The first-order valence-corrected chi connectivity index (χ1v) is 8.07. The summed E-state index contributed by atoms with van der Waals surface area (Å²) in [6, 6.07) is 9.20. The molecule has 1 aromatic carbocycles. The lowest BCUT2D eigenvalue weighted by atomic mass is 10.2. The molecule has 1 saturated carbocycles. The van der Waals surface area contributed by atoms with E-state index in [0.29, 0.717) is 0 Å². The van der Waals surface area contributed by atoms with Crippen LogP contribution in [-0.4, -0.2) is 15.8 Å². The summed E-state index contributed by atoms with van der Waals surface area (Å²) in [5.41, 5.74) is 3.98. The number of nitrogens with one attached hydrogen (secondary N) is 1. The summed E-state index contributed by atoms with van der Waals surface area (Å²) in [6.07, 6.45) is 5.70. The van der Waals surface area contributed by atoms with Crippen molar-refractivity contribution in [1.29, 1.82) is 0 Å². The monoisotopic (exact) mass is 333 g/mol. The largest absolute Gasteiger partial charge is 0.310 e. The van der Waals surface area contributed by atoms with Gasteiger partial charge in [0.2, 0.25) is 0 Å². The molecular weight excluding hydrogens is 314 g/mol. The standard InChI is InChI=1S/C16H20BrN3/c1-2-16-13(9-18-15-7-8-15)10-19-20(16)11-12-3-5-14(17)6-4-12/h3-6,10,15,18H,2,7-9,11H2,1H3. The molecular formula is C16H20BrN3. The SMILES string of the molecule is CCc1c(CNC2CC2)cnn1Cc1ccc(Br)cc1. The molecule has 4 heteroatoms. The average Bonchev–Trinajstić information content (AvgIpc) is 3.21. The number of hydrogen-bond donors (Lipinski definition) is 1. The molecule has 0 aliphatic heterocycles. The normalized spacial score (nSPS) is 14.7. The zero-order chi connectivity index (χ0) is 13.9. The van der Waals surface area contributed by atoms with E-state index in [9.17, 15) is 0 Å². The van der Waals surface area contributed by atoms with E-state index in [1.807, 2.05) is 6.20 Å². The van der Waals surface area contributed by atoms with Gasteiger partial charge in [0.05, 0.1) is 12.7 Å². The van der Waals surface area contributed by atoms with Gasteiger partial charge in [-0.25, -0.2) is 0 Å². The predicted molar refractivity (Wildman–Crippen MR) is 84.7 cm³/mol. The molecule has 0 saturated heterocycles.